The zero-order chi connectivity index (χ0) is 25.4. The third-order valence-corrected chi connectivity index (χ3v) is 6.25. The molecule has 180 valence electrons. The van der Waals surface area contributed by atoms with E-state index in [0.717, 1.165) is 17.4 Å². The van der Waals surface area contributed by atoms with Crippen molar-refractivity contribution in [2.24, 2.45) is 0 Å². The van der Waals surface area contributed by atoms with Crippen molar-refractivity contribution in [2.45, 2.75) is 26.3 Å². The molecule has 0 fully saturated rings. The quantitative estimate of drug-likeness (QED) is 0.343. The Kier molecular flexibility index (Phi) is 5.90. The number of carbonyl (C=O) groups is 3. The maximum absolute atomic E-state index is 13.7. The van der Waals surface area contributed by atoms with Gasteiger partial charge in [-0.15, -0.1) is 0 Å². The van der Waals surface area contributed by atoms with Gasteiger partial charge >= 0.3 is 0 Å². The minimum absolute atomic E-state index is 0.0366. The monoisotopic (exact) mass is 480 g/mol. The van der Waals surface area contributed by atoms with E-state index < -0.39 is 23.5 Å². The molecular weight excluding hydrogens is 456 g/mol. The number of aryl methyl sites for hydroxylation is 1. The van der Waals surface area contributed by atoms with Gasteiger partial charge in [0.15, 0.2) is 11.5 Å². The lowest BCUT2D eigenvalue weighted by molar-refractivity contribution is -0.117. The highest BCUT2D eigenvalue weighted by Gasteiger charge is 2.45. The molecule has 2 heterocycles. The second-order valence-electron chi connectivity index (χ2n) is 8.64. The van der Waals surface area contributed by atoms with Gasteiger partial charge in [0, 0.05) is 23.7 Å². The van der Waals surface area contributed by atoms with Gasteiger partial charge in [0.2, 0.25) is 11.7 Å². The third-order valence-electron chi connectivity index (χ3n) is 6.25. The second kappa shape index (κ2) is 9.19. The topological polar surface area (TPSA) is 99.8 Å². The molecule has 5 rings (SSSR count). The summed E-state index contributed by atoms with van der Waals surface area (Å²) in [5.41, 5.74) is 3.15. The molecule has 0 aliphatic carbocycles. The summed E-state index contributed by atoms with van der Waals surface area (Å²) < 4.78 is 5.78. The summed E-state index contributed by atoms with van der Waals surface area (Å²) in [4.78, 5) is 40.1. The van der Waals surface area contributed by atoms with E-state index in [0.29, 0.717) is 22.5 Å². The summed E-state index contributed by atoms with van der Waals surface area (Å²) in [5.74, 6) is -2.13. The molecule has 1 atom stereocenters. The highest BCUT2D eigenvalue weighted by molar-refractivity contribution is 6.20. The molecule has 0 saturated heterocycles. The van der Waals surface area contributed by atoms with Gasteiger partial charge in [0.05, 0.1) is 11.6 Å². The van der Waals surface area contributed by atoms with Crippen LogP contribution in [0.15, 0.2) is 94.6 Å². The number of aliphatic hydroxyl groups excluding tert-OH is 1. The predicted molar refractivity (Wildman–Crippen MR) is 137 cm³/mol. The largest absolute Gasteiger partial charge is 0.503 e. The van der Waals surface area contributed by atoms with Gasteiger partial charge in [-0.25, -0.2) is 0 Å². The minimum Gasteiger partial charge on any atom is -0.503 e. The van der Waals surface area contributed by atoms with E-state index in [1.807, 2.05) is 43.3 Å². The third kappa shape index (κ3) is 4.05. The Labute approximate surface area is 207 Å². The molecule has 2 amide bonds. The number of rotatable bonds is 6. The Morgan fingerprint density at radius 1 is 1.00 bits per heavy atom. The van der Waals surface area contributed by atoms with Crippen LogP contribution in [0.1, 0.15) is 41.6 Å². The lowest BCUT2D eigenvalue weighted by Gasteiger charge is -2.27. The van der Waals surface area contributed by atoms with E-state index in [9.17, 15) is 19.5 Å². The number of nitrogens with one attached hydrogen (secondary N) is 1. The summed E-state index contributed by atoms with van der Waals surface area (Å²) >= 11 is 0. The zero-order valence-corrected chi connectivity index (χ0v) is 19.8. The molecule has 1 aliphatic rings. The summed E-state index contributed by atoms with van der Waals surface area (Å²) in [7, 11) is 0. The average Bonchev–Trinajstić information content (AvgIpc) is 3.42. The summed E-state index contributed by atoms with van der Waals surface area (Å²) in [6.07, 6.45) is 0.832. The van der Waals surface area contributed by atoms with Gasteiger partial charge in [0.25, 0.3) is 5.91 Å². The Morgan fingerprint density at radius 2 is 1.75 bits per heavy atom. The van der Waals surface area contributed by atoms with Gasteiger partial charge in [-0.2, -0.15) is 0 Å². The molecule has 36 heavy (non-hydrogen) atoms. The van der Waals surface area contributed by atoms with Crippen LogP contribution < -0.4 is 10.2 Å². The molecule has 0 saturated carbocycles. The number of Topliss-reactive ketones (excluding diaryl/α,β-unsaturated/α-hetero) is 1. The van der Waals surface area contributed by atoms with Crippen LogP contribution in [-0.4, -0.2) is 22.7 Å². The molecule has 2 N–H and O–H groups in total. The van der Waals surface area contributed by atoms with Crippen LogP contribution in [0.25, 0.3) is 11.0 Å². The van der Waals surface area contributed by atoms with Gasteiger partial charge < -0.3 is 14.8 Å². The first-order valence-electron chi connectivity index (χ1n) is 11.6. The summed E-state index contributed by atoms with van der Waals surface area (Å²) in [6.45, 7) is 3.43. The molecule has 3 aromatic carbocycles. The van der Waals surface area contributed by atoms with E-state index in [2.05, 4.69) is 5.32 Å². The summed E-state index contributed by atoms with van der Waals surface area (Å²) in [6, 6.07) is 22.2. The van der Waals surface area contributed by atoms with E-state index in [1.165, 1.54) is 11.8 Å². The van der Waals surface area contributed by atoms with Gasteiger partial charge in [-0.1, -0.05) is 55.5 Å². The van der Waals surface area contributed by atoms with Crippen LogP contribution in [0.5, 0.6) is 0 Å². The van der Waals surface area contributed by atoms with Crippen LogP contribution in [0, 0.1) is 0 Å². The standard InChI is InChI=1S/C29H24N2O5/c1-3-18-11-13-19(14-12-18)26-25(27(33)24-15-20-7-4-5-10-23(20)36-24)28(34)29(35)31(26)22-9-6-8-21(16-22)30-17(2)32/h4-16,26,34H,3H2,1-2H3,(H,30,32). The van der Waals surface area contributed by atoms with Crippen molar-refractivity contribution in [3.05, 3.63) is 107 Å². The number of carbonyl (C=O) groups excluding carboxylic acids is 3. The maximum atomic E-state index is 13.7. The number of para-hydroxylation sites is 1. The molecule has 0 radical (unpaired) electrons. The maximum Gasteiger partial charge on any atom is 0.294 e. The predicted octanol–water partition coefficient (Wildman–Crippen LogP) is 5.74. The number of anilines is 2. The average molecular weight is 481 g/mol. The lowest BCUT2D eigenvalue weighted by atomic mass is 9.94. The second-order valence-corrected chi connectivity index (χ2v) is 8.64. The minimum atomic E-state index is -0.892. The van der Waals surface area contributed by atoms with Crippen molar-refractivity contribution in [1.29, 1.82) is 0 Å². The van der Waals surface area contributed by atoms with Crippen molar-refractivity contribution >= 4 is 39.9 Å². The van der Waals surface area contributed by atoms with E-state index in [-0.39, 0.29) is 17.2 Å². The van der Waals surface area contributed by atoms with E-state index >= 15 is 0 Å². The smallest absolute Gasteiger partial charge is 0.294 e. The number of fused-ring (bicyclic) bond motifs is 1. The first kappa shape index (κ1) is 23.1. The number of furan rings is 1. The number of aliphatic hydroxyl groups is 1. The first-order chi connectivity index (χ1) is 17.4. The van der Waals surface area contributed by atoms with Gasteiger partial charge in [0.1, 0.15) is 5.58 Å². The number of amides is 2. The zero-order valence-electron chi connectivity index (χ0n) is 19.8. The van der Waals surface area contributed by atoms with E-state index in [4.69, 9.17) is 4.42 Å². The van der Waals surface area contributed by atoms with Crippen molar-refractivity contribution in [2.75, 3.05) is 10.2 Å². The normalized spacial score (nSPS) is 15.6. The molecule has 7 heteroatoms. The number of benzene rings is 3. The molecule has 1 aromatic heterocycles. The van der Waals surface area contributed by atoms with Crippen LogP contribution >= 0.6 is 0 Å². The summed E-state index contributed by atoms with van der Waals surface area (Å²) in [5, 5.41) is 14.4. The molecule has 1 aliphatic heterocycles. The number of hydrogen-bond acceptors (Lipinski definition) is 5. The Balaban J connectivity index is 1.64. The van der Waals surface area contributed by atoms with Crippen molar-refractivity contribution in [3.8, 4) is 0 Å². The van der Waals surface area contributed by atoms with Crippen molar-refractivity contribution in [1.82, 2.24) is 0 Å². The van der Waals surface area contributed by atoms with Crippen molar-refractivity contribution in [3.63, 3.8) is 0 Å². The fraction of sp³-hybridized carbons (Fsp3) is 0.138. The molecule has 1 unspecified atom stereocenters. The molecule has 7 nitrogen and oxygen atoms in total. The molecular formula is C29H24N2O5. The molecule has 0 bridgehead atoms. The number of hydrogen-bond donors (Lipinski definition) is 2. The first-order valence-corrected chi connectivity index (χ1v) is 11.6. The fourth-order valence-corrected chi connectivity index (χ4v) is 4.52. The van der Waals surface area contributed by atoms with E-state index in [1.54, 1.807) is 42.5 Å². The Hall–Kier alpha value is -4.65. The Morgan fingerprint density at radius 3 is 2.44 bits per heavy atom. The highest BCUT2D eigenvalue weighted by atomic mass is 16.3. The number of nitrogens with zero attached hydrogens (tertiary/aromatic N) is 1. The van der Waals surface area contributed by atoms with Gasteiger partial charge in [-0.3, -0.25) is 19.3 Å². The number of ketones is 1. The van der Waals surface area contributed by atoms with Gasteiger partial charge in [-0.05, 0) is 47.9 Å². The Bertz CT molecular complexity index is 1500. The lowest BCUT2D eigenvalue weighted by Crippen LogP contribution is -2.31. The van der Waals surface area contributed by atoms with Crippen LogP contribution in [-0.2, 0) is 16.0 Å². The van der Waals surface area contributed by atoms with Crippen LogP contribution in [0.4, 0.5) is 11.4 Å². The molecule has 0 spiro atoms. The van der Waals surface area contributed by atoms with Crippen molar-refractivity contribution < 1.29 is 23.9 Å². The van der Waals surface area contributed by atoms with Crippen LogP contribution in [0.3, 0.4) is 0 Å². The molecule has 4 aromatic rings. The highest BCUT2D eigenvalue weighted by Crippen LogP contribution is 2.43. The fourth-order valence-electron chi connectivity index (χ4n) is 4.52. The SMILES string of the molecule is CCc1ccc(C2C(C(=O)c3cc4ccccc4o3)=C(O)C(=O)N2c2cccc(NC(C)=O)c2)cc1. The van der Waals surface area contributed by atoms with Crippen LogP contribution in [0.2, 0.25) is 0 Å².